The van der Waals surface area contributed by atoms with Crippen LogP contribution in [0.2, 0.25) is 5.02 Å². The highest BCUT2D eigenvalue weighted by atomic mass is 35.5. The molecule has 0 saturated heterocycles. The lowest BCUT2D eigenvalue weighted by atomic mass is 10.1. The number of allylic oxidation sites excluding steroid dienone is 1. The molecule has 0 atom stereocenters. The molecule has 0 radical (unpaired) electrons. The van der Waals surface area contributed by atoms with Crippen molar-refractivity contribution in [1.82, 2.24) is 0 Å². The molecule has 6 nitrogen and oxygen atoms in total. The van der Waals surface area contributed by atoms with Crippen molar-refractivity contribution in [1.29, 1.82) is 5.26 Å². The highest BCUT2D eigenvalue weighted by Crippen LogP contribution is 2.36. The highest BCUT2D eigenvalue weighted by molar-refractivity contribution is 7.95. The molecule has 0 spiro atoms. The van der Waals surface area contributed by atoms with Crippen LogP contribution in [0.4, 0.5) is 0 Å². The fourth-order valence-electron chi connectivity index (χ4n) is 2.38. The monoisotopic (exact) mass is 407 g/mol. The predicted molar refractivity (Wildman–Crippen MR) is 104 cm³/mol. The number of benzene rings is 2. The molecule has 0 saturated carbocycles. The van der Waals surface area contributed by atoms with Gasteiger partial charge in [-0.1, -0.05) is 23.7 Å². The molecule has 2 aromatic rings. The molecule has 0 fully saturated rings. The summed E-state index contributed by atoms with van der Waals surface area (Å²) in [5.41, 5.74) is 0.853. The van der Waals surface area contributed by atoms with E-state index >= 15 is 0 Å². The lowest BCUT2D eigenvalue weighted by Crippen LogP contribution is -2.07. The van der Waals surface area contributed by atoms with E-state index in [9.17, 15) is 13.7 Å². The van der Waals surface area contributed by atoms with E-state index in [1.165, 1.54) is 27.4 Å². The summed E-state index contributed by atoms with van der Waals surface area (Å²) in [6.07, 6.45) is 1.24. The zero-order valence-corrected chi connectivity index (χ0v) is 16.6. The number of methoxy groups -OCH3 is 3. The van der Waals surface area contributed by atoms with Crippen LogP contribution in [0.15, 0.2) is 41.3 Å². The van der Waals surface area contributed by atoms with E-state index in [1.807, 2.05) is 0 Å². The topological polar surface area (TPSA) is 85.6 Å². The second kappa shape index (κ2) is 8.80. The molecular weight excluding hydrogens is 390 g/mol. The van der Waals surface area contributed by atoms with Crippen molar-refractivity contribution >= 4 is 27.5 Å². The summed E-state index contributed by atoms with van der Waals surface area (Å²) in [7, 11) is 0.460. The maximum atomic E-state index is 12.7. The SMILES string of the molecule is COc1cc(OC)c(C=C(C#N)S(=O)(=O)Cc2ccc(Cl)cc2)c(OC)c1. The first-order chi connectivity index (χ1) is 12.8. The van der Waals surface area contributed by atoms with Crippen LogP contribution in [0.25, 0.3) is 6.08 Å². The van der Waals surface area contributed by atoms with E-state index in [0.717, 1.165) is 0 Å². The van der Waals surface area contributed by atoms with Crippen molar-refractivity contribution in [3.63, 3.8) is 0 Å². The molecular formula is C19H18ClNO5S. The summed E-state index contributed by atoms with van der Waals surface area (Å²) in [6, 6.07) is 11.3. The highest BCUT2D eigenvalue weighted by Gasteiger charge is 2.21. The van der Waals surface area contributed by atoms with Gasteiger partial charge < -0.3 is 14.2 Å². The zero-order chi connectivity index (χ0) is 20.0. The van der Waals surface area contributed by atoms with Crippen molar-refractivity contribution in [3.05, 3.63) is 57.5 Å². The molecule has 0 bridgehead atoms. The fraction of sp³-hybridized carbons (Fsp3) is 0.211. The number of nitrogens with zero attached hydrogens (tertiary/aromatic N) is 1. The first-order valence-electron chi connectivity index (χ1n) is 7.73. The Hall–Kier alpha value is -2.69. The smallest absolute Gasteiger partial charge is 0.192 e. The van der Waals surface area contributed by atoms with Crippen molar-refractivity contribution in [3.8, 4) is 23.3 Å². The molecule has 0 aliphatic rings. The zero-order valence-electron chi connectivity index (χ0n) is 15.0. The third-order valence-corrected chi connectivity index (χ3v) is 5.59. The minimum Gasteiger partial charge on any atom is -0.496 e. The second-order valence-corrected chi connectivity index (χ2v) is 7.85. The summed E-state index contributed by atoms with van der Waals surface area (Å²) in [5.74, 6) is 0.786. The number of ether oxygens (including phenoxy) is 3. The van der Waals surface area contributed by atoms with E-state index in [-0.39, 0.29) is 5.75 Å². The van der Waals surface area contributed by atoms with Gasteiger partial charge in [0.2, 0.25) is 0 Å². The summed E-state index contributed by atoms with van der Waals surface area (Å²) in [6.45, 7) is 0. The van der Waals surface area contributed by atoms with Crippen LogP contribution in [0.1, 0.15) is 11.1 Å². The van der Waals surface area contributed by atoms with Gasteiger partial charge in [-0.2, -0.15) is 5.26 Å². The molecule has 2 rings (SSSR count). The van der Waals surface area contributed by atoms with Crippen LogP contribution in [-0.4, -0.2) is 29.7 Å². The Morgan fingerprint density at radius 3 is 2.07 bits per heavy atom. The molecule has 0 aliphatic carbocycles. The summed E-state index contributed by atoms with van der Waals surface area (Å²) in [4.78, 5) is -0.404. The summed E-state index contributed by atoms with van der Waals surface area (Å²) < 4.78 is 41.2. The van der Waals surface area contributed by atoms with Crippen LogP contribution in [0.3, 0.4) is 0 Å². The molecule has 0 unspecified atom stereocenters. The maximum absolute atomic E-state index is 12.7. The van der Waals surface area contributed by atoms with E-state index in [4.69, 9.17) is 25.8 Å². The number of sulfone groups is 1. The molecule has 0 heterocycles. The van der Waals surface area contributed by atoms with E-state index in [2.05, 4.69) is 0 Å². The largest absolute Gasteiger partial charge is 0.496 e. The normalized spacial score (nSPS) is 11.6. The molecule has 27 heavy (non-hydrogen) atoms. The third-order valence-electron chi connectivity index (χ3n) is 3.74. The van der Waals surface area contributed by atoms with Gasteiger partial charge in [-0.05, 0) is 23.8 Å². The van der Waals surface area contributed by atoms with Gasteiger partial charge in [0.05, 0.1) is 32.6 Å². The average Bonchev–Trinajstić information content (AvgIpc) is 2.66. The Bertz CT molecular complexity index is 967. The molecule has 2 aromatic carbocycles. The number of rotatable bonds is 7. The van der Waals surface area contributed by atoms with Gasteiger partial charge >= 0.3 is 0 Å². The van der Waals surface area contributed by atoms with Gasteiger partial charge in [-0.15, -0.1) is 0 Å². The molecule has 8 heteroatoms. The van der Waals surface area contributed by atoms with Gasteiger partial charge in [0.1, 0.15) is 28.2 Å². The molecule has 0 N–H and O–H groups in total. The Morgan fingerprint density at radius 2 is 1.63 bits per heavy atom. The molecule has 142 valence electrons. The Balaban J connectivity index is 2.51. The van der Waals surface area contributed by atoms with Crippen molar-refractivity contribution in [2.24, 2.45) is 0 Å². The average molecular weight is 408 g/mol. The van der Waals surface area contributed by atoms with E-state index in [0.29, 0.717) is 33.4 Å². The number of halogens is 1. The van der Waals surface area contributed by atoms with Crippen LogP contribution in [0, 0.1) is 11.3 Å². The standard InChI is InChI=1S/C19H18ClNO5S/c1-24-15-8-18(25-2)17(19(9-15)26-3)10-16(11-21)27(22,23)12-13-4-6-14(20)7-5-13/h4-10H,12H2,1-3H3. The van der Waals surface area contributed by atoms with Crippen LogP contribution in [-0.2, 0) is 15.6 Å². The van der Waals surface area contributed by atoms with Crippen molar-refractivity contribution in [2.45, 2.75) is 5.75 Å². The number of hydrogen-bond acceptors (Lipinski definition) is 6. The first kappa shape index (κ1) is 20.6. The maximum Gasteiger partial charge on any atom is 0.192 e. The van der Waals surface area contributed by atoms with Gasteiger partial charge in [-0.3, -0.25) is 0 Å². The lowest BCUT2D eigenvalue weighted by Gasteiger charge is -2.13. The molecule has 0 aromatic heterocycles. The van der Waals surface area contributed by atoms with Crippen molar-refractivity contribution < 1.29 is 22.6 Å². The van der Waals surface area contributed by atoms with Gasteiger partial charge in [-0.25, -0.2) is 8.42 Å². The first-order valence-corrected chi connectivity index (χ1v) is 9.76. The van der Waals surface area contributed by atoms with Crippen LogP contribution >= 0.6 is 11.6 Å². The fourth-order valence-corrected chi connectivity index (χ4v) is 3.72. The molecule has 0 amide bonds. The van der Waals surface area contributed by atoms with Crippen LogP contribution in [0.5, 0.6) is 17.2 Å². The third kappa shape index (κ3) is 4.94. The predicted octanol–water partition coefficient (Wildman–Crippen LogP) is 3.85. The van der Waals surface area contributed by atoms with Crippen LogP contribution < -0.4 is 14.2 Å². The number of nitriles is 1. The van der Waals surface area contributed by atoms with E-state index < -0.39 is 14.7 Å². The molecule has 0 aliphatic heterocycles. The van der Waals surface area contributed by atoms with E-state index in [1.54, 1.807) is 42.5 Å². The Labute approximate surface area is 163 Å². The Kier molecular flexibility index (Phi) is 6.72. The van der Waals surface area contributed by atoms with Gasteiger partial charge in [0, 0.05) is 17.2 Å². The number of hydrogen-bond donors (Lipinski definition) is 0. The van der Waals surface area contributed by atoms with Gasteiger partial charge in [0.15, 0.2) is 9.84 Å². The van der Waals surface area contributed by atoms with Gasteiger partial charge in [0.25, 0.3) is 0 Å². The Morgan fingerprint density at radius 1 is 1.07 bits per heavy atom. The lowest BCUT2D eigenvalue weighted by molar-refractivity contribution is 0.374. The summed E-state index contributed by atoms with van der Waals surface area (Å²) in [5, 5.41) is 9.95. The minimum absolute atomic E-state index is 0.320. The quantitative estimate of drug-likeness (QED) is 0.648. The second-order valence-electron chi connectivity index (χ2n) is 5.45. The van der Waals surface area contributed by atoms with Crippen molar-refractivity contribution in [2.75, 3.05) is 21.3 Å². The minimum atomic E-state index is -3.89. The summed E-state index contributed by atoms with van der Waals surface area (Å²) >= 11 is 5.82.